The quantitative estimate of drug-likeness (QED) is 0.754. The minimum absolute atomic E-state index is 0.806. The zero-order valence-electron chi connectivity index (χ0n) is 11.8. The molecule has 106 valence electrons. The van der Waals surface area contributed by atoms with Crippen molar-refractivity contribution < 1.29 is 0 Å². The van der Waals surface area contributed by atoms with E-state index in [4.69, 9.17) is 0 Å². The third-order valence-corrected chi connectivity index (χ3v) is 3.74. The first-order chi connectivity index (χ1) is 10.2. The lowest BCUT2D eigenvalue weighted by molar-refractivity contribution is 1.05. The van der Waals surface area contributed by atoms with Crippen molar-refractivity contribution in [3.63, 3.8) is 0 Å². The molecule has 0 aliphatic heterocycles. The van der Waals surface area contributed by atoms with Crippen LogP contribution in [0.25, 0.3) is 5.69 Å². The number of nitrogens with one attached hydrogen (secondary N) is 1. The van der Waals surface area contributed by atoms with E-state index in [1.54, 1.807) is 12.5 Å². The molecule has 21 heavy (non-hydrogen) atoms. The summed E-state index contributed by atoms with van der Waals surface area (Å²) in [5.41, 5.74) is 4.73. The van der Waals surface area contributed by atoms with Crippen LogP contribution in [0.2, 0.25) is 0 Å². The summed E-state index contributed by atoms with van der Waals surface area (Å²) in [6.45, 7) is 2.90. The fourth-order valence-electron chi connectivity index (χ4n) is 2.24. The average molecular weight is 342 g/mol. The van der Waals surface area contributed by atoms with E-state index in [0.717, 1.165) is 22.4 Å². The van der Waals surface area contributed by atoms with Crippen LogP contribution < -0.4 is 5.32 Å². The Balaban J connectivity index is 1.68. The summed E-state index contributed by atoms with van der Waals surface area (Å²) < 4.78 is 3.09. The van der Waals surface area contributed by atoms with E-state index in [-0.39, 0.29) is 0 Å². The lowest BCUT2D eigenvalue weighted by Gasteiger charge is -2.09. The van der Waals surface area contributed by atoms with E-state index in [0.29, 0.717) is 0 Å². The summed E-state index contributed by atoms with van der Waals surface area (Å²) in [6, 6.07) is 14.8. The molecule has 0 atom stereocenters. The second-order valence-electron chi connectivity index (χ2n) is 5.01. The van der Waals surface area contributed by atoms with E-state index in [2.05, 4.69) is 75.6 Å². The molecule has 0 amide bonds. The number of rotatable bonds is 4. The van der Waals surface area contributed by atoms with Crippen LogP contribution in [0.3, 0.4) is 0 Å². The number of benzene rings is 2. The first-order valence-electron chi connectivity index (χ1n) is 6.79. The van der Waals surface area contributed by atoms with Crippen molar-refractivity contribution in [1.82, 2.24) is 9.55 Å². The highest BCUT2D eigenvalue weighted by Gasteiger charge is 1.99. The second-order valence-corrected chi connectivity index (χ2v) is 5.92. The van der Waals surface area contributed by atoms with Gasteiger partial charge in [-0.15, -0.1) is 0 Å². The van der Waals surface area contributed by atoms with Gasteiger partial charge in [0.1, 0.15) is 0 Å². The molecule has 0 saturated heterocycles. The molecular weight excluding hydrogens is 326 g/mol. The summed E-state index contributed by atoms with van der Waals surface area (Å²) in [7, 11) is 0. The predicted molar refractivity (Wildman–Crippen MR) is 89.8 cm³/mol. The minimum Gasteiger partial charge on any atom is -0.381 e. The van der Waals surface area contributed by atoms with Gasteiger partial charge in [0.15, 0.2) is 0 Å². The second kappa shape index (κ2) is 6.14. The smallest absolute Gasteiger partial charge is 0.0991 e. The van der Waals surface area contributed by atoms with E-state index < -0.39 is 0 Å². The zero-order chi connectivity index (χ0) is 14.7. The highest BCUT2D eigenvalue weighted by atomic mass is 79.9. The molecule has 1 heterocycles. The number of aromatic nitrogens is 2. The molecule has 2 aromatic carbocycles. The topological polar surface area (TPSA) is 29.9 Å². The van der Waals surface area contributed by atoms with Crippen molar-refractivity contribution >= 4 is 21.6 Å². The van der Waals surface area contributed by atoms with Gasteiger partial charge in [-0.3, -0.25) is 0 Å². The first kappa shape index (κ1) is 13.9. The van der Waals surface area contributed by atoms with Crippen molar-refractivity contribution in [1.29, 1.82) is 0 Å². The molecule has 0 spiro atoms. The maximum absolute atomic E-state index is 4.06. The highest BCUT2D eigenvalue weighted by Crippen LogP contribution is 2.20. The van der Waals surface area contributed by atoms with Crippen molar-refractivity contribution in [3.05, 3.63) is 76.8 Å². The van der Waals surface area contributed by atoms with Gasteiger partial charge in [0.2, 0.25) is 0 Å². The fraction of sp³-hybridized carbons (Fsp3) is 0.118. The SMILES string of the molecule is Cc1cc(Br)cc(NCc2ccc(-n3ccnc3)cc2)c1. The Hall–Kier alpha value is -2.07. The Kier molecular flexibility index (Phi) is 4.06. The monoisotopic (exact) mass is 341 g/mol. The van der Waals surface area contributed by atoms with Crippen LogP contribution in [-0.4, -0.2) is 9.55 Å². The summed E-state index contributed by atoms with van der Waals surface area (Å²) in [6.07, 6.45) is 5.53. The average Bonchev–Trinajstić information content (AvgIpc) is 2.99. The van der Waals surface area contributed by atoms with Gasteiger partial charge in [-0.05, 0) is 48.4 Å². The lowest BCUT2D eigenvalue weighted by atomic mass is 10.2. The molecule has 0 fully saturated rings. The Morgan fingerprint density at radius 1 is 1.14 bits per heavy atom. The number of anilines is 1. The summed E-state index contributed by atoms with van der Waals surface area (Å²) in [5, 5.41) is 3.45. The number of aryl methyl sites for hydroxylation is 1. The minimum atomic E-state index is 0.806. The summed E-state index contributed by atoms with van der Waals surface area (Å²) >= 11 is 3.52. The molecule has 0 radical (unpaired) electrons. The van der Waals surface area contributed by atoms with Crippen LogP contribution in [-0.2, 0) is 6.54 Å². The number of halogens is 1. The predicted octanol–water partition coefficient (Wildman–Crippen LogP) is 4.56. The van der Waals surface area contributed by atoms with Crippen molar-refractivity contribution in [2.75, 3.05) is 5.32 Å². The van der Waals surface area contributed by atoms with Gasteiger partial charge < -0.3 is 9.88 Å². The number of hydrogen-bond donors (Lipinski definition) is 1. The largest absolute Gasteiger partial charge is 0.381 e. The van der Waals surface area contributed by atoms with Crippen LogP contribution in [0.5, 0.6) is 0 Å². The third-order valence-electron chi connectivity index (χ3n) is 3.28. The van der Waals surface area contributed by atoms with E-state index in [1.807, 2.05) is 10.8 Å². The third kappa shape index (κ3) is 3.52. The fourth-order valence-corrected chi connectivity index (χ4v) is 2.85. The number of hydrogen-bond acceptors (Lipinski definition) is 2. The maximum atomic E-state index is 4.06. The number of imidazole rings is 1. The normalized spacial score (nSPS) is 10.6. The van der Waals surface area contributed by atoms with Gasteiger partial charge in [0, 0.05) is 34.8 Å². The van der Waals surface area contributed by atoms with Crippen molar-refractivity contribution in [2.45, 2.75) is 13.5 Å². The Morgan fingerprint density at radius 3 is 2.62 bits per heavy atom. The molecule has 0 saturated carbocycles. The molecule has 3 nitrogen and oxygen atoms in total. The maximum Gasteiger partial charge on any atom is 0.0991 e. The molecule has 0 bridgehead atoms. The highest BCUT2D eigenvalue weighted by molar-refractivity contribution is 9.10. The lowest BCUT2D eigenvalue weighted by Crippen LogP contribution is -2.00. The van der Waals surface area contributed by atoms with Gasteiger partial charge in [0.25, 0.3) is 0 Å². The summed E-state index contributed by atoms with van der Waals surface area (Å²) in [5.74, 6) is 0. The number of nitrogens with zero attached hydrogens (tertiary/aromatic N) is 2. The standard InChI is InChI=1S/C17H16BrN3/c1-13-8-15(18)10-16(9-13)20-11-14-2-4-17(5-3-14)21-7-6-19-12-21/h2-10,12,20H,11H2,1H3. The molecule has 0 aliphatic rings. The molecular formula is C17H16BrN3. The molecule has 1 N–H and O–H groups in total. The Labute approximate surface area is 132 Å². The van der Waals surface area contributed by atoms with E-state index >= 15 is 0 Å². The van der Waals surface area contributed by atoms with Crippen LogP contribution in [0, 0.1) is 6.92 Å². The molecule has 3 rings (SSSR count). The van der Waals surface area contributed by atoms with E-state index in [1.165, 1.54) is 11.1 Å². The summed E-state index contributed by atoms with van der Waals surface area (Å²) in [4.78, 5) is 4.06. The van der Waals surface area contributed by atoms with Gasteiger partial charge in [-0.1, -0.05) is 28.1 Å². The molecule has 1 aromatic heterocycles. The van der Waals surface area contributed by atoms with Gasteiger partial charge >= 0.3 is 0 Å². The van der Waals surface area contributed by atoms with Crippen LogP contribution in [0.15, 0.2) is 65.7 Å². The Bertz CT molecular complexity index is 698. The van der Waals surface area contributed by atoms with Gasteiger partial charge in [-0.25, -0.2) is 4.98 Å². The molecule has 3 aromatic rings. The molecule has 0 unspecified atom stereocenters. The Morgan fingerprint density at radius 2 is 1.95 bits per heavy atom. The van der Waals surface area contributed by atoms with Crippen LogP contribution >= 0.6 is 15.9 Å². The van der Waals surface area contributed by atoms with Crippen LogP contribution in [0.1, 0.15) is 11.1 Å². The van der Waals surface area contributed by atoms with Crippen LogP contribution in [0.4, 0.5) is 5.69 Å². The van der Waals surface area contributed by atoms with Crippen molar-refractivity contribution in [2.24, 2.45) is 0 Å². The van der Waals surface area contributed by atoms with E-state index in [9.17, 15) is 0 Å². The van der Waals surface area contributed by atoms with Gasteiger partial charge in [-0.2, -0.15) is 0 Å². The molecule has 4 heteroatoms. The van der Waals surface area contributed by atoms with Gasteiger partial charge in [0.05, 0.1) is 6.33 Å². The van der Waals surface area contributed by atoms with Crippen molar-refractivity contribution in [3.8, 4) is 5.69 Å². The zero-order valence-corrected chi connectivity index (χ0v) is 13.3. The first-order valence-corrected chi connectivity index (χ1v) is 7.58. The molecule has 0 aliphatic carbocycles.